The molecule has 6 rings (SSSR count). The molecule has 16 heteroatoms. The van der Waals surface area contributed by atoms with Gasteiger partial charge in [0.05, 0.1) is 30.8 Å². The summed E-state index contributed by atoms with van der Waals surface area (Å²) in [5.74, 6) is -2.31. The molecule has 3 amide bonds. The number of carbonyl (C=O) groups is 3. The highest BCUT2D eigenvalue weighted by molar-refractivity contribution is 6.05. The lowest BCUT2D eigenvalue weighted by Crippen LogP contribution is -2.45. The van der Waals surface area contributed by atoms with E-state index in [-0.39, 0.29) is 42.3 Å². The maximum atomic E-state index is 14.5. The van der Waals surface area contributed by atoms with Gasteiger partial charge >= 0.3 is 0 Å². The Bertz CT molecular complexity index is 1850. The number of likely N-dealkylation sites (tertiary alicyclic amines) is 1. The van der Waals surface area contributed by atoms with Gasteiger partial charge in [-0.1, -0.05) is 6.07 Å². The summed E-state index contributed by atoms with van der Waals surface area (Å²) in [7, 11) is 0. The quantitative estimate of drug-likeness (QED) is 0.228. The molecule has 1 saturated heterocycles. The molecule has 15 nitrogen and oxygen atoms in total. The number of hydrogen-bond donors (Lipinski definition) is 4. The third-order valence-corrected chi connectivity index (χ3v) is 6.60. The molecular formula is C24H20FN11O4. The van der Waals surface area contributed by atoms with Gasteiger partial charge in [-0.3, -0.25) is 34.2 Å². The van der Waals surface area contributed by atoms with Crippen LogP contribution in [0.2, 0.25) is 0 Å². The average molecular weight is 545 g/mol. The van der Waals surface area contributed by atoms with Crippen LogP contribution in [0, 0.1) is 0 Å². The zero-order valence-electron chi connectivity index (χ0n) is 20.5. The molecule has 0 bridgehead atoms. The zero-order valence-corrected chi connectivity index (χ0v) is 20.5. The fourth-order valence-electron chi connectivity index (χ4n) is 4.75. The molecule has 2 atom stereocenters. The van der Waals surface area contributed by atoms with Gasteiger partial charge in [0.15, 0.2) is 16.9 Å². The van der Waals surface area contributed by atoms with Crippen LogP contribution in [0.4, 0.5) is 10.3 Å². The number of benzene rings is 1. The number of H-pyrrole nitrogens is 2. The predicted molar refractivity (Wildman–Crippen MR) is 137 cm³/mol. The monoisotopic (exact) mass is 545 g/mol. The number of aromatic amines is 2. The van der Waals surface area contributed by atoms with Gasteiger partial charge in [-0.05, 0) is 23.8 Å². The number of amides is 3. The number of hydrogen-bond acceptors (Lipinski definition) is 9. The van der Waals surface area contributed by atoms with E-state index in [0.717, 1.165) is 16.0 Å². The van der Waals surface area contributed by atoms with Crippen LogP contribution >= 0.6 is 0 Å². The van der Waals surface area contributed by atoms with Crippen LogP contribution in [0.3, 0.4) is 0 Å². The number of primary amides is 1. The smallest absolute Gasteiger partial charge is 0.278 e. The van der Waals surface area contributed by atoms with Gasteiger partial charge in [-0.25, -0.2) is 9.37 Å². The number of halogens is 1. The van der Waals surface area contributed by atoms with E-state index in [4.69, 9.17) is 5.73 Å². The predicted octanol–water partition coefficient (Wildman–Crippen LogP) is 0.129. The van der Waals surface area contributed by atoms with E-state index in [9.17, 15) is 23.6 Å². The van der Waals surface area contributed by atoms with E-state index >= 15 is 0 Å². The van der Waals surface area contributed by atoms with Crippen molar-refractivity contribution < 1.29 is 18.8 Å². The van der Waals surface area contributed by atoms with Crippen molar-refractivity contribution in [2.75, 3.05) is 11.9 Å². The van der Waals surface area contributed by atoms with Gasteiger partial charge in [0.25, 0.3) is 11.5 Å². The Labute approximate surface area is 222 Å². The molecule has 40 heavy (non-hydrogen) atoms. The average Bonchev–Trinajstić information content (AvgIpc) is 3.66. The molecule has 1 aromatic carbocycles. The van der Waals surface area contributed by atoms with E-state index in [1.165, 1.54) is 17.2 Å². The summed E-state index contributed by atoms with van der Waals surface area (Å²) in [6, 6.07) is 5.72. The van der Waals surface area contributed by atoms with Gasteiger partial charge in [-0.15, -0.1) is 0 Å². The summed E-state index contributed by atoms with van der Waals surface area (Å²) >= 11 is 0. The van der Waals surface area contributed by atoms with E-state index in [2.05, 4.69) is 40.5 Å². The number of imidazole rings is 1. The second-order valence-electron chi connectivity index (χ2n) is 9.13. The summed E-state index contributed by atoms with van der Waals surface area (Å²) in [4.78, 5) is 64.8. The second-order valence-corrected chi connectivity index (χ2v) is 9.13. The molecule has 0 saturated carbocycles. The normalized spacial score (nSPS) is 17.0. The Kier molecular flexibility index (Phi) is 5.97. The summed E-state index contributed by atoms with van der Waals surface area (Å²) in [5.41, 5.74) is 7.09. The third kappa shape index (κ3) is 4.40. The van der Waals surface area contributed by atoms with Crippen LogP contribution in [0.1, 0.15) is 16.9 Å². The van der Waals surface area contributed by atoms with Crippen LogP contribution in [0.5, 0.6) is 0 Å². The molecule has 1 fully saturated rings. The Hall–Kier alpha value is -5.54. The van der Waals surface area contributed by atoms with Gasteiger partial charge in [0.2, 0.25) is 17.8 Å². The van der Waals surface area contributed by atoms with Gasteiger partial charge in [0, 0.05) is 17.4 Å². The Balaban J connectivity index is 1.26. The van der Waals surface area contributed by atoms with E-state index in [1.807, 2.05) is 0 Å². The number of nitrogens with zero attached hydrogens (tertiary/aromatic N) is 7. The maximum Gasteiger partial charge on any atom is 0.278 e. The Morgan fingerprint density at radius 2 is 2.02 bits per heavy atom. The highest BCUT2D eigenvalue weighted by Gasteiger charge is 2.40. The van der Waals surface area contributed by atoms with Crippen molar-refractivity contribution in [1.29, 1.82) is 0 Å². The van der Waals surface area contributed by atoms with Gasteiger partial charge in [-0.2, -0.15) is 20.3 Å². The molecule has 0 aliphatic carbocycles. The van der Waals surface area contributed by atoms with Crippen molar-refractivity contribution in [3.8, 4) is 11.1 Å². The number of nitrogens with two attached hydrogens (primary N) is 1. The molecule has 5 N–H and O–H groups in total. The minimum Gasteiger partial charge on any atom is -0.364 e. The van der Waals surface area contributed by atoms with E-state index in [1.54, 1.807) is 30.5 Å². The van der Waals surface area contributed by atoms with Gasteiger partial charge < -0.3 is 15.6 Å². The number of nitrogens with one attached hydrogen (secondary N) is 3. The number of aromatic nitrogens is 8. The molecule has 1 aliphatic rings. The molecule has 5 aromatic rings. The highest BCUT2D eigenvalue weighted by atomic mass is 19.1. The largest absolute Gasteiger partial charge is 0.364 e. The lowest BCUT2D eigenvalue weighted by molar-refractivity contribution is -0.137. The van der Waals surface area contributed by atoms with E-state index < -0.39 is 35.5 Å². The zero-order chi connectivity index (χ0) is 28.0. The molecule has 2 unspecified atom stereocenters. The van der Waals surface area contributed by atoms with Crippen LogP contribution < -0.4 is 16.6 Å². The summed E-state index contributed by atoms with van der Waals surface area (Å²) in [6.45, 7) is -0.703. The number of anilines is 1. The molecule has 4 aromatic heterocycles. The first-order valence-corrected chi connectivity index (χ1v) is 12.0. The fraction of sp³-hybridized carbons (Fsp3) is 0.208. The number of carbonyl (C=O) groups excluding carboxylic acids is 3. The fourth-order valence-corrected chi connectivity index (χ4v) is 4.75. The Morgan fingerprint density at radius 1 is 1.18 bits per heavy atom. The SMILES string of the molecule is NC(=O)c1nn(CC(=O)N2CC(F)CC2C(=O)Nc2nc3nc[nH]c3c(=O)[nH]2)c2ccc(-c3ccnnc3)cc12. The van der Waals surface area contributed by atoms with Crippen molar-refractivity contribution in [3.63, 3.8) is 0 Å². The van der Waals surface area contributed by atoms with Crippen molar-refractivity contribution >= 4 is 45.7 Å². The van der Waals surface area contributed by atoms with E-state index in [0.29, 0.717) is 10.9 Å². The Morgan fingerprint density at radius 3 is 2.80 bits per heavy atom. The second kappa shape index (κ2) is 9.64. The van der Waals surface area contributed by atoms with Crippen LogP contribution in [0.15, 0.2) is 47.8 Å². The lowest BCUT2D eigenvalue weighted by Gasteiger charge is -2.23. The minimum atomic E-state index is -1.45. The first-order valence-electron chi connectivity index (χ1n) is 12.0. The van der Waals surface area contributed by atoms with Crippen LogP contribution in [-0.2, 0) is 16.1 Å². The number of alkyl halides is 1. The first kappa shape index (κ1) is 24.8. The molecule has 5 heterocycles. The summed E-state index contributed by atoms with van der Waals surface area (Å²) < 4.78 is 15.8. The number of rotatable bonds is 6. The minimum absolute atomic E-state index is 0.0467. The van der Waals surface area contributed by atoms with Gasteiger partial charge in [0.1, 0.15) is 18.8 Å². The van der Waals surface area contributed by atoms with Crippen molar-refractivity contribution in [2.45, 2.75) is 25.2 Å². The van der Waals surface area contributed by atoms with Crippen molar-refractivity contribution in [3.05, 3.63) is 59.0 Å². The molecular weight excluding hydrogens is 525 g/mol. The molecule has 0 spiro atoms. The van der Waals surface area contributed by atoms with Crippen LogP contribution in [0.25, 0.3) is 33.2 Å². The molecule has 1 aliphatic heterocycles. The molecule has 0 radical (unpaired) electrons. The topological polar surface area (TPSA) is 211 Å². The highest BCUT2D eigenvalue weighted by Crippen LogP contribution is 2.27. The first-order chi connectivity index (χ1) is 19.3. The van der Waals surface area contributed by atoms with Crippen molar-refractivity contribution in [1.82, 2.24) is 44.8 Å². The van der Waals surface area contributed by atoms with Crippen LogP contribution in [-0.4, -0.2) is 81.3 Å². The third-order valence-electron chi connectivity index (χ3n) is 6.60. The summed E-state index contributed by atoms with van der Waals surface area (Å²) in [5, 5.41) is 14.7. The lowest BCUT2D eigenvalue weighted by atomic mass is 10.0. The maximum absolute atomic E-state index is 14.5. The van der Waals surface area contributed by atoms with Crippen molar-refractivity contribution in [2.24, 2.45) is 5.73 Å². The summed E-state index contributed by atoms with van der Waals surface area (Å²) in [6.07, 6.45) is 2.67. The standard InChI is InChI=1S/C24H20FN11O4/c25-13-6-16(22(39)32-24-31-21-19(23(40)33-24)27-10-28-21)35(8-13)17(37)9-36-15-2-1-11(12-3-4-29-30-7-12)5-14(15)18(34-36)20(26)38/h1-5,7,10,13,16H,6,8-9H2,(H2,26,38)(H3,27,28,31,32,33,39,40). The number of fused-ring (bicyclic) bond motifs is 2. The molecule has 202 valence electrons.